The maximum Gasteiger partial charge on any atom is 0.308 e. The van der Waals surface area contributed by atoms with Crippen LogP contribution in [0.2, 0.25) is 0 Å². The van der Waals surface area contributed by atoms with Crippen LogP contribution in [0.3, 0.4) is 0 Å². The minimum absolute atomic E-state index is 0.410. The van der Waals surface area contributed by atoms with Crippen molar-refractivity contribution in [3.8, 4) is 11.4 Å². The zero-order valence-electron chi connectivity index (χ0n) is 14.7. The number of carbonyl (C=O) groups is 1. The number of carboxylic acids is 1. The van der Waals surface area contributed by atoms with Gasteiger partial charge in [0, 0.05) is 30.2 Å². The molecule has 5 rings (SSSR count). The summed E-state index contributed by atoms with van der Waals surface area (Å²) in [6, 6.07) is 3.37. The fourth-order valence-corrected chi connectivity index (χ4v) is 4.49. The number of halogens is 1. The van der Waals surface area contributed by atoms with Crippen LogP contribution in [0.15, 0.2) is 29.9 Å². The van der Waals surface area contributed by atoms with Crippen molar-refractivity contribution in [1.82, 2.24) is 19.9 Å². The van der Waals surface area contributed by atoms with E-state index in [1.807, 2.05) is 16.3 Å². The number of pyridine rings is 1. The maximum absolute atomic E-state index is 13.7. The van der Waals surface area contributed by atoms with E-state index in [0.717, 1.165) is 35.2 Å². The zero-order chi connectivity index (χ0) is 19.3. The molecule has 7 nitrogen and oxygen atoms in total. The lowest BCUT2D eigenvalue weighted by Crippen LogP contribution is -2.39. The Hall–Kier alpha value is -3.07. The van der Waals surface area contributed by atoms with Crippen molar-refractivity contribution in [2.75, 3.05) is 18.0 Å². The van der Waals surface area contributed by atoms with Crippen molar-refractivity contribution >= 4 is 44.4 Å². The Bertz CT molecular complexity index is 1200. The van der Waals surface area contributed by atoms with E-state index in [4.69, 9.17) is 4.98 Å². The van der Waals surface area contributed by atoms with Crippen molar-refractivity contribution in [2.24, 2.45) is 5.92 Å². The van der Waals surface area contributed by atoms with Crippen LogP contribution in [0.1, 0.15) is 12.8 Å². The first-order valence-corrected chi connectivity index (χ1v) is 9.84. The van der Waals surface area contributed by atoms with E-state index >= 15 is 0 Å². The molecule has 5 heterocycles. The number of piperidine rings is 1. The number of fused-ring (bicyclic) bond motifs is 2. The second kappa shape index (κ2) is 6.52. The molecule has 142 valence electrons. The summed E-state index contributed by atoms with van der Waals surface area (Å²) in [4.78, 5) is 30.8. The quantitative estimate of drug-likeness (QED) is 0.548. The van der Waals surface area contributed by atoms with E-state index in [0.29, 0.717) is 35.4 Å². The van der Waals surface area contributed by atoms with Crippen LogP contribution >= 0.6 is 11.3 Å². The normalized spacial score (nSPS) is 17.5. The van der Waals surface area contributed by atoms with E-state index in [1.54, 1.807) is 6.20 Å². The fourth-order valence-electron chi connectivity index (χ4n) is 3.74. The number of carboxylic acid groups (broad SMARTS) is 1. The minimum atomic E-state index is -0.779. The van der Waals surface area contributed by atoms with Gasteiger partial charge in [0.2, 0.25) is 0 Å². The van der Waals surface area contributed by atoms with E-state index in [9.17, 15) is 14.3 Å². The highest BCUT2D eigenvalue weighted by Gasteiger charge is 2.28. The Morgan fingerprint density at radius 3 is 3.11 bits per heavy atom. The zero-order valence-corrected chi connectivity index (χ0v) is 15.5. The molecule has 0 radical (unpaired) electrons. The van der Waals surface area contributed by atoms with Gasteiger partial charge in [0.05, 0.1) is 17.5 Å². The molecule has 4 aromatic heterocycles. The first kappa shape index (κ1) is 17.1. The summed E-state index contributed by atoms with van der Waals surface area (Å²) in [6.45, 7) is 1.16. The van der Waals surface area contributed by atoms with Gasteiger partial charge in [0.1, 0.15) is 22.1 Å². The second-order valence-electron chi connectivity index (χ2n) is 6.89. The van der Waals surface area contributed by atoms with Gasteiger partial charge in [-0.1, -0.05) is 0 Å². The second-order valence-corrected chi connectivity index (χ2v) is 7.78. The highest BCUT2D eigenvalue weighted by Crippen LogP contribution is 2.34. The highest BCUT2D eigenvalue weighted by molar-refractivity contribution is 7.16. The van der Waals surface area contributed by atoms with Crippen LogP contribution in [0.25, 0.3) is 32.6 Å². The number of nitrogens with one attached hydrogen (secondary N) is 1. The van der Waals surface area contributed by atoms with Gasteiger partial charge < -0.3 is 15.0 Å². The number of thiophene rings is 1. The Labute approximate surface area is 162 Å². The summed E-state index contributed by atoms with van der Waals surface area (Å²) >= 11 is 1.50. The van der Waals surface area contributed by atoms with Gasteiger partial charge >= 0.3 is 5.97 Å². The number of aromatic amines is 1. The highest BCUT2D eigenvalue weighted by atomic mass is 32.1. The Balaban J connectivity index is 1.65. The largest absolute Gasteiger partial charge is 0.481 e. The molecule has 0 bridgehead atoms. The fraction of sp³-hybridized carbons (Fsp3) is 0.263. The lowest BCUT2D eigenvalue weighted by atomic mass is 9.98. The molecule has 0 aliphatic carbocycles. The van der Waals surface area contributed by atoms with Crippen LogP contribution < -0.4 is 4.90 Å². The van der Waals surface area contributed by atoms with Gasteiger partial charge in [-0.05, 0) is 30.4 Å². The third-order valence-corrected chi connectivity index (χ3v) is 5.92. The predicted octanol–water partition coefficient (Wildman–Crippen LogP) is 3.67. The summed E-state index contributed by atoms with van der Waals surface area (Å²) in [5.74, 6) is -0.413. The van der Waals surface area contributed by atoms with Crippen LogP contribution in [-0.4, -0.2) is 44.1 Å². The van der Waals surface area contributed by atoms with Gasteiger partial charge in [-0.3, -0.25) is 4.79 Å². The lowest BCUT2D eigenvalue weighted by Gasteiger charge is -2.32. The van der Waals surface area contributed by atoms with Crippen molar-refractivity contribution in [2.45, 2.75) is 12.8 Å². The summed E-state index contributed by atoms with van der Waals surface area (Å²) in [5.41, 5.74) is 1.24. The van der Waals surface area contributed by atoms with Gasteiger partial charge in [-0.2, -0.15) is 0 Å². The molecule has 0 unspecified atom stereocenters. The topological polar surface area (TPSA) is 95.0 Å². The monoisotopic (exact) mass is 397 g/mol. The molecule has 1 aliphatic heterocycles. The smallest absolute Gasteiger partial charge is 0.308 e. The molecule has 0 amide bonds. The number of aromatic nitrogens is 4. The number of rotatable bonds is 3. The third kappa shape index (κ3) is 2.78. The number of anilines is 1. The average molecular weight is 397 g/mol. The van der Waals surface area contributed by atoms with Crippen molar-refractivity contribution in [3.63, 3.8) is 0 Å². The van der Waals surface area contributed by atoms with Crippen LogP contribution in [0.5, 0.6) is 0 Å². The Morgan fingerprint density at radius 1 is 1.36 bits per heavy atom. The molecule has 0 aromatic carbocycles. The number of hydrogen-bond donors (Lipinski definition) is 2. The van der Waals surface area contributed by atoms with Gasteiger partial charge in [-0.25, -0.2) is 19.3 Å². The SMILES string of the molecule is O=C(O)[C@H]1CCCN(c2nc(-c3c[nH]c4ncc(F)cc34)nc3sccc23)C1. The Morgan fingerprint density at radius 2 is 2.25 bits per heavy atom. The van der Waals surface area contributed by atoms with Crippen LogP contribution in [-0.2, 0) is 4.79 Å². The molecular formula is C19H16FN5O2S. The summed E-state index contributed by atoms with van der Waals surface area (Å²) in [6.07, 6.45) is 4.36. The summed E-state index contributed by atoms with van der Waals surface area (Å²) < 4.78 is 13.7. The molecule has 9 heteroatoms. The molecule has 4 aromatic rings. The van der Waals surface area contributed by atoms with E-state index in [1.165, 1.54) is 17.4 Å². The molecule has 1 aliphatic rings. The molecular weight excluding hydrogens is 381 g/mol. The maximum atomic E-state index is 13.7. The third-order valence-electron chi connectivity index (χ3n) is 5.11. The number of H-pyrrole nitrogens is 1. The summed E-state index contributed by atoms with van der Waals surface area (Å²) in [7, 11) is 0. The van der Waals surface area contributed by atoms with E-state index < -0.39 is 17.7 Å². The molecule has 2 N–H and O–H groups in total. The molecule has 28 heavy (non-hydrogen) atoms. The van der Waals surface area contributed by atoms with E-state index in [2.05, 4.69) is 15.0 Å². The van der Waals surface area contributed by atoms with Gasteiger partial charge in [0.15, 0.2) is 5.82 Å². The molecule has 1 atom stereocenters. The first-order valence-electron chi connectivity index (χ1n) is 8.96. The average Bonchev–Trinajstić information content (AvgIpc) is 3.33. The van der Waals surface area contributed by atoms with Gasteiger partial charge in [0.25, 0.3) is 0 Å². The predicted molar refractivity (Wildman–Crippen MR) is 105 cm³/mol. The molecule has 0 saturated carbocycles. The number of hydrogen-bond acceptors (Lipinski definition) is 6. The standard InChI is InChI=1S/C19H16FN5O2S/c20-11-6-13-14(8-22-15(13)21-7-11)16-23-17(12-3-5-28-18(12)24-16)25-4-1-2-10(9-25)19(26)27/h3,5-8,10H,1-2,4,9H2,(H,21,22)(H,26,27)/t10-/m0/s1. The van der Waals surface area contributed by atoms with Crippen molar-refractivity contribution < 1.29 is 14.3 Å². The van der Waals surface area contributed by atoms with Crippen LogP contribution in [0.4, 0.5) is 10.2 Å². The molecule has 0 spiro atoms. The first-order chi connectivity index (χ1) is 13.6. The number of aliphatic carboxylic acids is 1. The lowest BCUT2D eigenvalue weighted by molar-refractivity contribution is -0.141. The molecule has 1 fully saturated rings. The van der Waals surface area contributed by atoms with Crippen molar-refractivity contribution in [1.29, 1.82) is 0 Å². The minimum Gasteiger partial charge on any atom is -0.481 e. The Kier molecular flexibility index (Phi) is 3.97. The molecule has 1 saturated heterocycles. The summed E-state index contributed by atoms with van der Waals surface area (Å²) in [5, 5.41) is 12.9. The number of nitrogens with zero attached hydrogens (tertiary/aromatic N) is 4. The van der Waals surface area contributed by atoms with Crippen molar-refractivity contribution in [3.05, 3.63) is 35.7 Å². The van der Waals surface area contributed by atoms with Gasteiger partial charge in [-0.15, -0.1) is 11.3 Å². The van der Waals surface area contributed by atoms with E-state index in [-0.39, 0.29) is 0 Å². The van der Waals surface area contributed by atoms with Crippen LogP contribution in [0, 0.1) is 11.7 Å².